The number of nitrogens with one attached hydrogen (secondary N) is 1. The fraction of sp³-hybridized carbons (Fsp3) is 0.529. The first-order valence-electron chi connectivity index (χ1n) is 8.12. The normalized spacial score (nSPS) is 20.6. The smallest absolute Gasteiger partial charge is 0.410 e. The number of nitrogens with zero attached hydrogens (tertiary/aromatic N) is 4. The summed E-state index contributed by atoms with van der Waals surface area (Å²) >= 11 is 0. The van der Waals surface area contributed by atoms with Gasteiger partial charge in [0, 0.05) is 29.9 Å². The Morgan fingerprint density at radius 1 is 1.29 bits per heavy atom. The Bertz CT molecular complexity index is 735. The summed E-state index contributed by atoms with van der Waals surface area (Å²) in [4.78, 5) is 22.9. The Kier molecular flexibility index (Phi) is 4.03. The van der Waals surface area contributed by atoms with E-state index in [0.29, 0.717) is 12.4 Å². The number of H-pyrrole nitrogens is 1. The standard InChI is InChI=1S/C17H23N5O2/c1-10-11(2)22(16(23)24-17(3,4)5)9-12-13(10)20-21-14(12)15-18-7-6-8-19-15/h6-8,10-11H,9H2,1-5H3,(H,20,21). The van der Waals surface area contributed by atoms with Crippen LogP contribution in [-0.4, -0.2) is 42.8 Å². The zero-order chi connectivity index (χ0) is 17.5. The fourth-order valence-corrected chi connectivity index (χ4v) is 2.89. The zero-order valence-corrected chi connectivity index (χ0v) is 14.7. The Labute approximate surface area is 141 Å². The Hall–Kier alpha value is -2.44. The zero-order valence-electron chi connectivity index (χ0n) is 14.7. The van der Waals surface area contributed by atoms with E-state index in [0.717, 1.165) is 17.0 Å². The first kappa shape index (κ1) is 16.4. The van der Waals surface area contributed by atoms with E-state index in [1.54, 1.807) is 23.4 Å². The number of ether oxygens (including phenoxy) is 1. The van der Waals surface area contributed by atoms with Crippen molar-refractivity contribution in [2.45, 2.75) is 58.7 Å². The molecule has 24 heavy (non-hydrogen) atoms. The molecule has 7 heteroatoms. The molecule has 3 rings (SSSR count). The summed E-state index contributed by atoms with van der Waals surface area (Å²) in [6.45, 7) is 10.1. The summed E-state index contributed by atoms with van der Waals surface area (Å²) in [6, 6.07) is 1.77. The van der Waals surface area contributed by atoms with Crippen molar-refractivity contribution in [2.24, 2.45) is 0 Å². The molecule has 0 fully saturated rings. The van der Waals surface area contributed by atoms with E-state index >= 15 is 0 Å². The first-order chi connectivity index (χ1) is 11.3. The molecule has 7 nitrogen and oxygen atoms in total. The third-order valence-corrected chi connectivity index (χ3v) is 4.29. The molecule has 1 N–H and O–H groups in total. The van der Waals surface area contributed by atoms with Crippen LogP contribution in [0.5, 0.6) is 0 Å². The molecule has 1 aliphatic heterocycles. The molecule has 2 aromatic rings. The molecular weight excluding hydrogens is 306 g/mol. The lowest BCUT2D eigenvalue weighted by Gasteiger charge is -2.38. The van der Waals surface area contributed by atoms with Gasteiger partial charge in [-0.05, 0) is 33.8 Å². The minimum atomic E-state index is -0.526. The third-order valence-electron chi connectivity index (χ3n) is 4.29. The molecule has 0 aromatic carbocycles. The lowest BCUT2D eigenvalue weighted by atomic mass is 9.90. The maximum atomic E-state index is 12.6. The molecule has 2 unspecified atom stereocenters. The fourth-order valence-electron chi connectivity index (χ4n) is 2.89. The SMILES string of the molecule is CC1c2n[nH]c(-c3ncccn3)c2CN(C(=O)OC(C)(C)C)C1C. The van der Waals surface area contributed by atoms with Gasteiger partial charge in [-0.3, -0.25) is 5.10 Å². The highest BCUT2D eigenvalue weighted by Gasteiger charge is 2.38. The second-order valence-corrected chi connectivity index (χ2v) is 7.17. The lowest BCUT2D eigenvalue weighted by molar-refractivity contribution is 0.0110. The van der Waals surface area contributed by atoms with E-state index in [4.69, 9.17) is 4.74 Å². The first-order valence-corrected chi connectivity index (χ1v) is 8.12. The van der Waals surface area contributed by atoms with Crippen LogP contribution in [-0.2, 0) is 11.3 Å². The lowest BCUT2D eigenvalue weighted by Crippen LogP contribution is -2.46. The van der Waals surface area contributed by atoms with Crippen LogP contribution in [0, 0.1) is 0 Å². The number of hydrogen-bond acceptors (Lipinski definition) is 5. The van der Waals surface area contributed by atoms with E-state index in [1.807, 2.05) is 27.7 Å². The van der Waals surface area contributed by atoms with Gasteiger partial charge in [0.1, 0.15) is 11.3 Å². The molecule has 0 saturated heterocycles. The van der Waals surface area contributed by atoms with Crippen molar-refractivity contribution in [1.82, 2.24) is 25.1 Å². The monoisotopic (exact) mass is 329 g/mol. The summed E-state index contributed by atoms with van der Waals surface area (Å²) in [5, 5.41) is 7.49. The molecule has 0 bridgehead atoms. The molecule has 0 spiro atoms. The van der Waals surface area contributed by atoms with Crippen molar-refractivity contribution in [1.29, 1.82) is 0 Å². The van der Waals surface area contributed by atoms with E-state index in [1.165, 1.54) is 0 Å². The van der Waals surface area contributed by atoms with Crippen molar-refractivity contribution in [3.63, 3.8) is 0 Å². The van der Waals surface area contributed by atoms with E-state index in [9.17, 15) is 4.79 Å². The molecule has 128 valence electrons. The summed E-state index contributed by atoms with van der Waals surface area (Å²) in [5.74, 6) is 0.673. The number of amides is 1. The van der Waals surface area contributed by atoms with E-state index in [-0.39, 0.29) is 18.1 Å². The van der Waals surface area contributed by atoms with Crippen molar-refractivity contribution >= 4 is 6.09 Å². The highest BCUT2D eigenvalue weighted by molar-refractivity contribution is 5.70. The average molecular weight is 329 g/mol. The van der Waals surface area contributed by atoms with Gasteiger partial charge in [0.25, 0.3) is 0 Å². The minimum absolute atomic E-state index is 0.000178. The van der Waals surface area contributed by atoms with Crippen LogP contribution in [0.2, 0.25) is 0 Å². The topological polar surface area (TPSA) is 84.0 Å². The number of aromatic amines is 1. The van der Waals surface area contributed by atoms with Crippen molar-refractivity contribution < 1.29 is 9.53 Å². The number of carbonyl (C=O) groups is 1. The predicted octanol–water partition coefficient (Wildman–Crippen LogP) is 3.11. The Morgan fingerprint density at radius 2 is 1.96 bits per heavy atom. The summed E-state index contributed by atoms with van der Waals surface area (Å²) < 4.78 is 5.56. The number of hydrogen-bond donors (Lipinski definition) is 1. The van der Waals surface area contributed by atoms with Crippen LogP contribution in [0.3, 0.4) is 0 Å². The average Bonchev–Trinajstić information content (AvgIpc) is 2.94. The van der Waals surface area contributed by atoms with Crippen LogP contribution in [0.15, 0.2) is 18.5 Å². The van der Waals surface area contributed by atoms with Gasteiger partial charge >= 0.3 is 6.09 Å². The van der Waals surface area contributed by atoms with Crippen LogP contribution < -0.4 is 0 Å². The Morgan fingerprint density at radius 3 is 2.58 bits per heavy atom. The highest BCUT2D eigenvalue weighted by atomic mass is 16.6. The molecule has 2 aromatic heterocycles. The van der Waals surface area contributed by atoms with Crippen LogP contribution in [0.4, 0.5) is 4.79 Å². The summed E-state index contributed by atoms with van der Waals surface area (Å²) in [6.07, 6.45) is 3.07. The molecule has 3 heterocycles. The van der Waals surface area contributed by atoms with Crippen molar-refractivity contribution in [2.75, 3.05) is 0 Å². The molecule has 0 aliphatic carbocycles. The molecule has 1 amide bonds. The number of aromatic nitrogens is 4. The van der Waals surface area contributed by atoms with Crippen LogP contribution >= 0.6 is 0 Å². The maximum Gasteiger partial charge on any atom is 0.410 e. The number of carbonyl (C=O) groups excluding carboxylic acids is 1. The van der Waals surface area contributed by atoms with Gasteiger partial charge in [-0.1, -0.05) is 6.92 Å². The number of fused-ring (bicyclic) bond motifs is 1. The van der Waals surface area contributed by atoms with Gasteiger partial charge in [-0.15, -0.1) is 0 Å². The number of rotatable bonds is 1. The molecule has 1 aliphatic rings. The highest BCUT2D eigenvalue weighted by Crippen LogP contribution is 2.36. The van der Waals surface area contributed by atoms with E-state index in [2.05, 4.69) is 27.1 Å². The second kappa shape index (κ2) is 5.89. The quantitative estimate of drug-likeness (QED) is 0.869. The van der Waals surface area contributed by atoms with Gasteiger partial charge in [-0.25, -0.2) is 14.8 Å². The Balaban J connectivity index is 1.95. The van der Waals surface area contributed by atoms with Crippen molar-refractivity contribution in [3.8, 4) is 11.5 Å². The molecule has 0 radical (unpaired) electrons. The van der Waals surface area contributed by atoms with Gasteiger partial charge in [0.15, 0.2) is 5.82 Å². The van der Waals surface area contributed by atoms with E-state index < -0.39 is 5.60 Å². The van der Waals surface area contributed by atoms with Gasteiger partial charge in [0.2, 0.25) is 0 Å². The minimum Gasteiger partial charge on any atom is -0.444 e. The van der Waals surface area contributed by atoms with Crippen molar-refractivity contribution in [3.05, 3.63) is 29.7 Å². The van der Waals surface area contributed by atoms with Gasteiger partial charge in [-0.2, -0.15) is 5.10 Å². The third kappa shape index (κ3) is 2.98. The maximum absolute atomic E-state index is 12.6. The molecule has 0 saturated carbocycles. The van der Waals surface area contributed by atoms with Crippen LogP contribution in [0.1, 0.15) is 51.8 Å². The van der Waals surface area contributed by atoms with Crippen LogP contribution in [0.25, 0.3) is 11.5 Å². The second-order valence-electron chi connectivity index (χ2n) is 7.17. The molecule has 2 atom stereocenters. The largest absolute Gasteiger partial charge is 0.444 e. The van der Waals surface area contributed by atoms with Gasteiger partial charge < -0.3 is 9.64 Å². The molecular formula is C17H23N5O2. The van der Waals surface area contributed by atoms with Gasteiger partial charge in [0.05, 0.1) is 12.2 Å². The predicted molar refractivity (Wildman–Crippen MR) is 89.3 cm³/mol. The summed E-state index contributed by atoms with van der Waals surface area (Å²) in [5.41, 5.74) is 2.16. The summed E-state index contributed by atoms with van der Waals surface area (Å²) in [7, 11) is 0.